The highest BCUT2D eigenvalue weighted by Crippen LogP contribution is 2.24. The topological polar surface area (TPSA) is 39.3 Å². The Morgan fingerprint density at radius 1 is 1.23 bits per heavy atom. The lowest BCUT2D eigenvalue weighted by Crippen LogP contribution is -2.56. The summed E-state index contributed by atoms with van der Waals surface area (Å²) in [4.78, 5) is 20.2. The summed E-state index contributed by atoms with van der Waals surface area (Å²) in [6, 6.07) is 7.01. The summed E-state index contributed by atoms with van der Waals surface area (Å²) in [6.45, 7) is 3.65. The lowest BCUT2D eigenvalue weighted by Gasteiger charge is -2.43. The van der Waals surface area contributed by atoms with Crippen molar-refractivity contribution in [2.45, 2.75) is 25.3 Å². The van der Waals surface area contributed by atoms with Crippen LogP contribution in [0.5, 0.6) is 0 Å². The van der Waals surface area contributed by atoms with Crippen LogP contribution in [0, 0.1) is 5.82 Å². The van der Waals surface area contributed by atoms with E-state index in [4.69, 9.17) is 0 Å². The van der Waals surface area contributed by atoms with E-state index in [1.54, 1.807) is 18.2 Å². The van der Waals surface area contributed by atoms with Crippen LogP contribution in [0.15, 0.2) is 24.3 Å². The molecule has 0 radical (unpaired) electrons. The number of carbonyl (C=O) groups excluding carboxylic acids is 1. The van der Waals surface area contributed by atoms with Gasteiger partial charge in [-0.15, -0.1) is 0 Å². The van der Waals surface area contributed by atoms with Crippen molar-refractivity contribution in [1.82, 2.24) is 14.8 Å². The minimum absolute atomic E-state index is 0.0131. The predicted octanol–water partition coefficient (Wildman–Crippen LogP) is 2.62. The number of hydrogen-bond donors (Lipinski definition) is 1. The van der Waals surface area contributed by atoms with Crippen LogP contribution in [0.2, 0.25) is 0 Å². The first kappa shape index (κ1) is 13.8. The first-order valence-corrected chi connectivity index (χ1v) is 8.03. The lowest BCUT2D eigenvalue weighted by molar-refractivity contribution is 0.0369. The van der Waals surface area contributed by atoms with Gasteiger partial charge >= 0.3 is 0 Å². The molecule has 1 aromatic carbocycles. The van der Waals surface area contributed by atoms with E-state index < -0.39 is 0 Å². The number of nitrogens with one attached hydrogen (secondary N) is 1. The standard InChI is InChI=1S/C17H20FN3O/c18-14-5-3-6-15-13(14)10-16(19-15)17(22)21-9-8-20-7-2-1-4-12(20)11-21/h3,5-6,10,12,19H,1-2,4,7-9,11H2. The molecule has 116 valence electrons. The molecule has 0 aliphatic carbocycles. The van der Waals surface area contributed by atoms with Crippen molar-refractivity contribution in [3.05, 3.63) is 35.8 Å². The molecule has 2 aromatic rings. The molecule has 2 saturated heterocycles. The maximum atomic E-state index is 13.8. The molecule has 4 nitrogen and oxygen atoms in total. The minimum atomic E-state index is -0.287. The lowest BCUT2D eigenvalue weighted by atomic mass is 9.99. The van der Waals surface area contributed by atoms with Crippen molar-refractivity contribution in [2.75, 3.05) is 26.2 Å². The molecule has 0 bridgehead atoms. The molecule has 3 heterocycles. The molecule has 2 aliphatic heterocycles. The summed E-state index contributed by atoms with van der Waals surface area (Å²) in [6.07, 6.45) is 3.69. The van der Waals surface area contributed by atoms with Crippen molar-refractivity contribution in [3.63, 3.8) is 0 Å². The number of fused-ring (bicyclic) bond motifs is 2. The van der Waals surface area contributed by atoms with Crippen LogP contribution in [-0.4, -0.2) is 52.9 Å². The monoisotopic (exact) mass is 301 g/mol. The van der Waals surface area contributed by atoms with Crippen LogP contribution in [0.4, 0.5) is 4.39 Å². The fourth-order valence-electron chi connectivity index (χ4n) is 3.74. The highest BCUT2D eigenvalue weighted by atomic mass is 19.1. The molecule has 1 N–H and O–H groups in total. The van der Waals surface area contributed by atoms with Gasteiger partial charge in [0.15, 0.2) is 0 Å². The number of nitrogens with zero attached hydrogens (tertiary/aromatic N) is 2. The molecule has 1 atom stereocenters. The maximum absolute atomic E-state index is 13.8. The zero-order valence-corrected chi connectivity index (χ0v) is 12.5. The fraction of sp³-hybridized carbons (Fsp3) is 0.471. The molecule has 0 spiro atoms. The Balaban J connectivity index is 1.56. The summed E-state index contributed by atoms with van der Waals surface area (Å²) >= 11 is 0. The zero-order chi connectivity index (χ0) is 15.1. The van der Waals surface area contributed by atoms with E-state index in [2.05, 4.69) is 9.88 Å². The number of piperazine rings is 1. The molecule has 1 amide bonds. The summed E-state index contributed by atoms with van der Waals surface area (Å²) in [7, 11) is 0. The van der Waals surface area contributed by atoms with Crippen molar-refractivity contribution < 1.29 is 9.18 Å². The van der Waals surface area contributed by atoms with Crippen LogP contribution in [0.1, 0.15) is 29.8 Å². The van der Waals surface area contributed by atoms with Gasteiger partial charge in [-0.05, 0) is 37.6 Å². The molecule has 2 aliphatic rings. The van der Waals surface area contributed by atoms with Crippen molar-refractivity contribution in [2.24, 2.45) is 0 Å². The minimum Gasteiger partial charge on any atom is -0.350 e. The van der Waals surface area contributed by atoms with Gasteiger partial charge in [0, 0.05) is 36.6 Å². The normalized spacial score (nSPS) is 22.8. The van der Waals surface area contributed by atoms with E-state index in [-0.39, 0.29) is 11.7 Å². The molecule has 1 unspecified atom stereocenters. The van der Waals surface area contributed by atoms with Crippen LogP contribution in [-0.2, 0) is 0 Å². The number of rotatable bonds is 1. The number of aromatic nitrogens is 1. The number of H-pyrrole nitrogens is 1. The number of halogens is 1. The van der Waals surface area contributed by atoms with Gasteiger partial charge in [0.25, 0.3) is 5.91 Å². The molecule has 22 heavy (non-hydrogen) atoms. The van der Waals surface area contributed by atoms with Crippen molar-refractivity contribution >= 4 is 16.8 Å². The fourth-order valence-corrected chi connectivity index (χ4v) is 3.74. The van der Waals surface area contributed by atoms with Gasteiger partial charge in [0.05, 0.1) is 0 Å². The SMILES string of the molecule is O=C(c1cc2c(F)cccc2[nH]1)N1CCN2CCCCC2C1. The Bertz CT molecular complexity index is 711. The summed E-state index contributed by atoms with van der Waals surface area (Å²) in [5, 5.41) is 0.488. The highest BCUT2D eigenvalue weighted by Gasteiger charge is 2.31. The number of piperidine rings is 1. The third-order valence-electron chi connectivity index (χ3n) is 4.97. The number of benzene rings is 1. The van der Waals surface area contributed by atoms with Crippen LogP contribution in [0.25, 0.3) is 10.9 Å². The smallest absolute Gasteiger partial charge is 0.270 e. The van der Waals surface area contributed by atoms with E-state index in [1.807, 2.05) is 4.90 Å². The van der Waals surface area contributed by atoms with Gasteiger partial charge in [0.2, 0.25) is 0 Å². The largest absolute Gasteiger partial charge is 0.350 e. The van der Waals surface area contributed by atoms with Gasteiger partial charge in [-0.25, -0.2) is 4.39 Å². The first-order valence-electron chi connectivity index (χ1n) is 8.03. The average molecular weight is 301 g/mol. The first-order chi connectivity index (χ1) is 10.7. The second-order valence-corrected chi connectivity index (χ2v) is 6.32. The maximum Gasteiger partial charge on any atom is 0.270 e. The Hall–Kier alpha value is -1.88. The van der Waals surface area contributed by atoms with Gasteiger partial charge in [0.1, 0.15) is 11.5 Å². The Morgan fingerprint density at radius 2 is 2.14 bits per heavy atom. The number of hydrogen-bond acceptors (Lipinski definition) is 2. The Labute approximate surface area is 128 Å². The quantitative estimate of drug-likeness (QED) is 0.879. The van der Waals surface area contributed by atoms with Crippen molar-refractivity contribution in [1.29, 1.82) is 0 Å². The number of carbonyl (C=O) groups is 1. The number of aromatic amines is 1. The van der Waals surface area contributed by atoms with Gasteiger partial charge in [-0.1, -0.05) is 12.5 Å². The third-order valence-corrected chi connectivity index (χ3v) is 4.97. The van der Waals surface area contributed by atoms with E-state index in [0.717, 1.165) is 26.2 Å². The molecule has 1 aromatic heterocycles. The molecule has 5 heteroatoms. The third kappa shape index (κ3) is 2.29. The van der Waals surface area contributed by atoms with E-state index in [1.165, 1.54) is 25.3 Å². The summed E-state index contributed by atoms with van der Waals surface area (Å²) < 4.78 is 13.8. The van der Waals surface area contributed by atoms with Crippen LogP contribution >= 0.6 is 0 Å². The molecule has 2 fully saturated rings. The van der Waals surface area contributed by atoms with Crippen LogP contribution < -0.4 is 0 Å². The average Bonchev–Trinajstić information content (AvgIpc) is 2.99. The van der Waals surface area contributed by atoms with Gasteiger partial charge in [-0.2, -0.15) is 0 Å². The van der Waals surface area contributed by atoms with Gasteiger partial charge < -0.3 is 9.88 Å². The van der Waals surface area contributed by atoms with E-state index >= 15 is 0 Å². The van der Waals surface area contributed by atoms with Crippen molar-refractivity contribution in [3.8, 4) is 0 Å². The van der Waals surface area contributed by atoms with E-state index in [0.29, 0.717) is 22.6 Å². The molecule has 4 rings (SSSR count). The summed E-state index contributed by atoms with van der Waals surface area (Å²) in [5.74, 6) is -0.300. The molecular weight excluding hydrogens is 281 g/mol. The number of amides is 1. The predicted molar refractivity (Wildman–Crippen MR) is 83.4 cm³/mol. The van der Waals surface area contributed by atoms with Gasteiger partial charge in [-0.3, -0.25) is 9.69 Å². The second kappa shape index (κ2) is 5.39. The zero-order valence-electron chi connectivity index (χ0n) is 12.5. The second-order valence-electron chi connectivity index (χ2n) is 6.32. The highest BCUT2D eigenvalue weighted by molar-refractivity contribution is 5.98. The van der Waals surface area contributed by atoms with E-state index in [9.17, 15) is 9.18 Å². The summed E-state index contributed by atoms with van der Waals surface area (Å²) in [5.41, 5.74) is 1.17. The Kier molecular flexibility index (Phi) is 3.37. The molecule has 0 saturated carbocycles. The van der Waals surface area contributed by atoms with Crippen LogP contribution in [0.3, 0.4) is 0 Å². The molecular formula is C17H20FN3O. The Morgan fingerprint density at radius 3 is 3.00 bits per heavy atom.